The Morgan fingerprint density at radius 2 is 1.79 bits per heavy atom. The first-order valence-electron chi connectivity index (χ1n) is 13.5. The molecule has 2 N–H and O–H groups in total. The Morgan fingerprint density at radius 1 is 1.14 bits per heavy atom. The SMILES string of the molecule is Cc1cc(C(=O)N2CC(O)C2)cc(C)c1CCS(=O)(=O)N1CCC2(CC1)N=C(c1cccc(OC(F)(F)F)c1)NC2=O. The molecular formula is C28H31F3N4O6S. The number of amides is 2. The number of halogens is 3. The van der Waals surface area contributed by atoms with Gasteiger partial charge in [-0.25, -0.2) is 12.7 Å². The number of β-amino-alcohol motifs (C(OH)–C–C–N with tert-alkyl or cyclic N) is 1. The van der Waals surface area contributed by atoms with Crippen LogP contribution in [-0.2, 0) is 21.2 Å². The number of hydrogen-bond acceptors (Lipinski definition) is 7. The Hall–Kier alpha value is -3.49. The molecule has 0 atom stereocenters. The minimum Gasteiger partial charge on any atom is -0.406 e. The van der Waals surface area contributed by atoms with Crippen LogP contribution in [0.15, 0.2) is 41.4 Å². The fourth-order valence-electron chi connectivity index (χ4n) is 5.64. The maximum Gasteiger partial charge on any atom is 0.573 e. The minimum absolute atomic E-state index is 0.0663. The number of nitrogens with zero attached hydrogens (tertiary/aromatic N) is 3. The number of rotatable bonds is 7. The van der Waals surface area contributed by atoms with Crippen molar-refractivity contribution < 1.29 is 41.0 Å². The number of ether oxygens (including phenoxy) is 1. The summed E-state index contributed by atoms with van der Waals surface area (Å²) >= 11 is 0. The van der Waals surface area contributed by atoms with Crippen LogP contribution in [0.2, 0.25) is 0 Å². The maximum atomic E-state index is 13.2. The second kappa shape index (κ2) is 11.0. The number of aliphatic hydroxyl groups is 1. The van der Waals surface area contributed by atoms with Gasteiger partial charge in [0.15, 0.2) is 0 Å². The average Bonchev–Trinajstić information content (AvgIpc) is 3.20. The summed E-state index contributed by atoms with van der Waals surface area (Å²) in [5.41, 5.74) is 2.00. The Bertz CT molecular complexity index is 1520. The highest BCUT2D eigenvalue weighted by Gasteiger charge is 2.47. The van der Waals surface area contributed by atoms with Crippen LogP contribution in [0.1, 0.15) is 45.5 Å². The number of sulfonamides is 1. The van der Waals surface area contributed by atoms with Crippen molar-refractivity contribution >= 4 is 27.7 Å². The van der Waals surface area contributed by atoms with Gasteiger partial charge in [-0.3, -0.25) is 14.6 Å². The smallest absolute Gasteiger partial charge is 0.406 e. The first-order valence-corrected chi connectivity index (χ1v) is 15.1. The van der Waals surface area contributed by atoms with Gasteiger partial charge < -0.3 is 20.1 Å². The van der Waals surface area contributed by atoms with Crippen molar-refractivity contribution in [2.24, 2.45) is 4.99 Å². The average molecular weight is 609 g/mol. The molecule has 2 saturated heterocycles. The highest BCUT2D eigenvalue weighted by Crippen LogP contribution is 2.33. The van der Waals surface area contributed by atoms with E-state index < -0.39 is 39.7 Å². The van der Waals surface area contributed by atoms with E-state index in [9.17, 15) is 36.3 Å². The normalized spacial score (nSPS) is 19.4. The summed E-state index contributed by atoms with van der Waals surface area (Å²) < 4.78 is 69.7. The topological polar surface area (TPSA) is 129 Å². The van der Waals surface area contributed by atoms with E-state index in [1.165, 1.54) is 16.4 Å². The molecule has 0 unspecified atom stereocenters. The summed E-state index contributed by atoms with van der Waals surface area (Å²) in [6, 6.07) is 8.62. The third kappa shape index (κ3) is 6.15. The molecule has 3 aliphatic heterocycles. The first-order chi connectivity index (χ1) is 19.7. The number of alkyl halides is 3. The molecule has 2 aromatic carbocycles. The van der Waals surface area contributed by atoms with Gasteiger partial charge in [0.2, 0.25) is 10.0 Å². The fourth-order valence-corrected chi connectivity index (χ4v) is 7.10. The van der Waals surface area contributed by atoms with Crippen molar-refractivity contribution in [2.75, 3.05) is 31.9 Å². The van der Waals surface area contributed by atoms with Crippen LogP contribution in [0.4, 0.5) is 13.2 Å². The summed E-state index contributed by atoms with van der Waals surface area (Å²) in [5, 5.41) is 12.1. The first kappa shape index (κ1) is 30.0. The van der Waals surface area contributed by atoms with Gasteiger partial charge in [-0.15, -0.1) is 13.2 Å². The number of benzene rings is 2. The molecule has 3 aliphatic rings. The number of carbonyl (C=O) groups excluding carboxylic acids is 2. The second-order valence-corrected chi connectivity index (χ2v) is 13.0. The van der Waals surface area contributed by atoms with E-state index >= 15 is 0 Å². The molecule has 3 heterocycles. The van der Waals surface area contributed by atoms with Gasteiger partial charge in [0.25, 0.3) is 11.8 Å². The van der Waals surface area contributed by atoms with Crippen molar-refractivity contribution in [1.29, 1.82) is 0 Å². The van der Waals surface area contributed by atoms with Crippen molar-refractivity contribution in [1.82, 2.24) is 14.5 Å². The summed E-state index contributed by atoms with van der Waals surface area (Å²) in [6.07, 6.45) is -4.86. The molecule has 2 fully saturated rings. The Balaban J connectivity index is 1.22. The Labute approximate surface area is 241 Å². The minimum atomic E-state index is -4.86. The Morgan fingerprint density at radius 3 is 2.38 bits per heavy atom. The van der Waals surface area contributed by atoms with E-state index in [1.807, 2.05) is 13.8 Å². The maximum absolute atomic E-state index is 13.2. The largest absolute Gasteiger partial charge is 0.573 e. The molecule has 0 saturated carbocycles. The molecular weight excluding hydrogens is 577 g/mol. The number of nitrogens with one attached hydrogen (secondary N) is 1. The molecule has 5 rings (SSSR count). The van der Waals surface area contributed by atoms with Crippen LogP contribution >= 0.6 is 0 Å². The van der Waals surface area contributed by atoms with E-state index in [0.29, 0.717) is 18.7 Å². The van der Waals surface area contributed by atoms with Gasteiger partial charge in [-0.05, 0) is 74.1 Å². The molecule has 1 spiro atoms. The van der Waals surface area contributed by atoms with Crippen molar-refractivity contribution in [3.63, 3.8) is 0 Å². The van der Waals surface area contributed by atoms with Gasteiger partial charge in [-0.1, -0.05) is 12.1 Å². The van der Waals surface area contributed by atoms with Crippen LogP contribution in [0.3, 0.4) is 0 Å². The van der Waals surface area contributed by atoms with Crippen LogP contribution in [0.5, 0.6) is 5.75 Å². The van der Waals surface area contributed by atoms with E-state index in [-0.39, 0.29) is 55.4 Å². The van der Waals surface area contributed by atoms with E-state index in [4.69, 9.17) is 0 Å². The molecule has 10 nitrogen and oxygen atoms in total. The lowest BCUT2D eigenvalue weighted by atomic mass is 9.89. The van der Waals surface area contributed by atoms with Crippen LogP contribution in [-0.4, -0.2) is 90.3 Å². The number of aryl methyl sites for hydroxylation is 2. The van der Waals surface area contributed by atoms with Crippen LogP contribution in [0.25, 0.3) is 0 Å². The fraction of sp³-hybridized carbons (Fsp3) is 0.464. The van der Waals surface area contributed by atoms with Crippen LogP contribution in [0, 0.1) is 13.8 Å². The van der Waals surface area contributed by atoms with Crippen molar-refractivity contribution in [2.45, 2.75) is 51.1 Å². The zero-order valence-corrected chi connectivity index (χ0v) is 23.9. The standard InChI is InChI=1S/C28H31F3N4O6S/c1-17-12-20(25(37)34-15-21(36)16-34)13-18(2)23(17)6-11-42(39,40)35-9-7-27(8-10-35)26(38)32-24(33-27)19-4-3-5-22(14-19)41-28(29,30)31/h3-5,12-14,21,36H,6-11,15-16H2,1-2H3,(H,32,33,38). The number of aliphatic hydroxyl groups excluding tert-OH is 1. The van der Waals surface area contributed by atoms with E-state index in [0.717, 1.165) is 28.8 Å². The van der Waals surface area contributed by atoms with Gasteiger partial charge in [0.1, 0.15) is 17.1 Å². The second-order valence-electron chi connectivity index (χ2n) is 10.9. The molecule has 14 heteroatoms. The third-order valence-corrected chi connectivity index (χ3v) is 9.84. The van der Waals surface area contributed by atoms with Crippen molar-refractivity contribution in [3.8, 4) is 5.75 Å². The molecule has 0 bridgehead atoms. The number of likely N-dealkylation sites (tertiary alicyclic amines) is 1. The molecule has 0 radical (unpaired) electrons. The highest BCUT2D eigenvalue weighted by atomic mass is 32.2. The number of amidine groups is 1. The Kier molecular flexibility index (Phi) is 7.83. The summed E-state index contributed by atoms with van der Waals surface area (Å²) in [4.78, 5) is 31.6. The lowest BCUT2D eigenvalue weighted by Gasteiger charge is -2.36. The quantitative estimate of drug-likeness (QED) is 0.497. The molecule has 0 aliphatic carbocycles. The number of piperidine rings is 1. The zero-order chi connectivity index (χ0) is 30.4. The van der Waals surface area contributed by atoms with Gasteiger partial charge in [0, 0.05) is 37.3 Å². The third-order valence-electron chi connectivity index (χ3n) is 7.97. The van der Waals surface area contributed by atoms with E-state index in [2.05, 4.69) is 15.0 Å². The number of aliphatic imine (C=N–C) groups is 1. The van der Waals surface area contributed by atoms with Crippen molar-refractivity contribution in [3.05, 3.63) is 64.2 Å². The zero-order valence-electron chi connectivity index (χ0n) is 23.1. The van der Waals surface area contributed by atoms with Crippen LogP contribution < -0.4 is 10.1 Å². The molecule has 226 valence electrons. The highest BCUT2D eigenvalue weighted by molar-refractivity contribution is 7.89. The van der Waals surface area contributed by atoms with E-state index in [1.54, 1.807) is 17.0 Å². The number of carbonyl (C=O) groups is 2. The molecule has 2 amide bonds. The van der Waals surface area contributed by atoms with Gasteiger partial charge >= 0.3 is 6.36 Å². The lowest BCUT2D eigenvalue weighted by molar-refractivity contribution is -0.274. The van der Waals surface area contributed by atoms with Gasteiger partial charge in [0.05, 0.1) is 11.9 Å². The monoisotopic (exact) mass is 608 g/mol. The molecule has 2 aromatic rings. The predicted octanol–water partition coefficient (Wildman–Crippen LogP) is 2.30. The summed E-state index contributed by atoms with van der Waals surface area (Å²) in [7, 11) is -3.68. The van der Waals surface area contributed by atoms with Gasteiger partial charge in [-0.2, -0.15) is 0 Å². The lowest BCUT2D eigenvalue weighted by Crippen LogP contribution is -2.53. The molecule has 0 aromatic heterocycles. The summed E-state index contributed by atoms with van der Waals surface area (Å²) in [6.45, 7) is 4.40. The molecule has 42 heavy (non-hydrogen) atoms. The number of hydrogen-bond donors (Lipinski definition) is 2. The summed E-state index contributed by atoms with van der Waals surface area (Å²) in [5.74, 6) is -1.08. The predicted molar refractivity (Wildman–Crippen MR) is 147 cm³/mol.